The van der Waals surface area contributed by atoms with Crippen molar-refractivity contribution in [3.63, 3.8) is 0 Å². The van der Waals surface area contributed by atoms with Gasteiger partial charge in [-0.2, -0.15) is 5.10 Å². The molecule has 1 fully saturated rings. The molecule has 0 radical (unpaired) electrons. The number of likely N-dealkylation sites (N-methyl/N-ethyl adjacent to an activating group) is 1. The number of hydrogen-bond acceptors (Lipinski definition) is 6. The number of ether oxygens (including phenoxy) is 1. The van der Waals surface area contributed by atoms with Gasteiger partial charge in [0.1, 0.15) is 29.4 Å². The highest BCUT2D eigenvalue weighted by Gasteiger charge is 2.20. The minimum Gasteiger partial charge on any atom is -0.492 e. The fourth-order valence-electron chi connectivity index (χ4n) is 5.00. The third kappa shape index (κ3) is 4.80. The highest BCUT2D eigenvalue weighted by atomic mass is 19.1. The molecule has 1 aliphatic rings. The molecule has 8 nitrogen and oxygen atoms in total. The summed E-state index contributed by atoms with van der Waals surface area (Å²) in [6.45, 7) is 3.26. The first-order valence-electron chi connectivity index (χ1n) is 12.7. The van der Waals surface area contributed by atoms with Crippen molar-refractivity contribution in [3.8, 4) is 28.3 Å². The van der Waals surface area contributed by atoms with Crippen molar-refractivity contribution < 1.29 is 9.13 Å². The lowest BCUT2D eigenvalue weighted by molar-refractivity contribution is 0.260. The van der Waals surface area contributed by atoms with Crippen LogP contribution < -0.4 is 10.1 Å². The van der Waals surface area contributed by atoms with Crippen molar-refractivity contribution >= 4 is 21.9 Å². The fraction of sp³-hybridized carbons (Fsp3) is 0.321. The molecule has 3 N–H and O–H groups in total. The summed E-state index contributed by atoms with van der Waals surface area (Å²) in [5.74, 6) is 0.602. The van der Waals surface area contributed by atoms with E-state index in [1.165, 1.54) is 12.1 Å². The van der Waals surface area contributed by atoms with Gasteiger partial charge in [-0.05, 0) is 75.9 Å². The Morgan fingerprint density at radius 1 is 1.05 bits per heavy atom. The maximum Gasteiger partial charge on any atom is 0.135 e. The van der Waals surface area contributed by atoms with Crippen molar-refractivity contribution in [2.75, 3.05) is 40.3 Å². The molecule has 1 aromatic carbocycles. The van der Waals surface area contributed by atoms with Crippen LogP contribution in [0.15, 0.2) is 48.8 Å². The van der Waals surface area contributed by atoms with E-state index in [-0.39, 0.29) is 5.82 Å². The Morgan fingerprint density at radius 3 is 2.76 bits per heavy atom. The molecular weight excluding hydrogens is 469 g/mol. The van der Waals surface area contributed by atoms with Crippen LogP contribution in [-0.2, 0) is 0 Å². The summed E-state index contributed by atoms with van der Waals surface area (Å²) >= 11 is 0. The second-order valence-corrected chi connectivity index (χ2v) is 9.89. The van der Waals surface area contributed by atoms with Crippen molar-refractivity contribution in [2.45, 2.75) is 18.8 Å². The Bertz CT molecular complexity index is 1550. The number of H-pyrrole nitrogens is 2. The zero-order valence-corrected chi connectivity index (χ0v) is 21.0. The number of halogens is 1. The molecular formula is C28H30FN7O. The van der Waals surface area contributed by atoms with Gasteiger partial charge in [0.15, 0.2) is 0 Å². The SMILES string of the molecule is CN(C)CCOc1cc(F)cc(-c2cncc3[nH]c(-c4n[nH]c5ccc(C6CCNCC6)nc45)cc23)c1. The largest absolute Gasteiger partial charge is 0.492 e. The summed E-state index contributed by atoms with van der Waals surface area (Å²) < 4.78 is 20.4. The molecule has 0 spiro atoms. The Kier molecular flexibility index (Phi) is 6.31. The smallest absolute Gasteiger partial charge is 0.135 e. The first-order valence-corrected chi connectivity index (χ1v) is 12.7. The van der Waals surface area contributed by atoms with Crippen LogP contribution in [-0.4, -0.2) is 70.4 Å². The van der Waals surface area contributed by atoms with Crippen LogP contribution >= 0.6 is 0 Å². The molecule has 0 bridgehead atoms. The minimum absolute atomic E-state index is 0.349. The molecule has 190 valence electrons. The maximum atomic E-state index is 14.5. The van der Waals surface area contributed by atoms with Crippen molar-refractivity contribution in [3.05, 3.63) is 60.3 Å². The van der Waals surface area contributed by atoms with E-state index in [1.54, 1.807) is 12.4 Å². The third-order valence-electron chi connectivity index (χ3n) is 6.98. The van der Waals surface area contributed by atoms with Crippen molar-refractivity contribution in [2.24, 2.45) is 0 Å². The van der Waals surface area contributed by atoms with Gasteiger partial charge in [-0.15, -0.1) is 0 Å². The van der Waals surface area contributed by atoms with E-state index < -0.39 is 0 Å². The molecule has 37 heavy (non-hydrogen) atoms. The Balaban J connectivity index is 1.37. The summed E-state index contributed by atoms with van der Waals surface area (Å²) in [4.78, 5) is 14.9. The number of fused-ring (bicyclic) bond motifs is 2. The van der Waals surface area contributed by atoms with E-state index in [2.05, 4.69) is 37.6 Å². The lowest BCUT2D eigenvalue weighted by atomic mass is 9.94. The number of nitrogens with zero attached hydrogens (tertiary/aromatic N) is 4. The predicted molar refractivity (Wildman–Crippen MR) is 143 cm³/mol. The molecule has 6 rings (SSSR count). The number of pyridine rings is 2. The highest BCUT2D eigenvalue weighted by molar-refractivity contribution is 5.99. The van der Waals surface area contributed by atoms with Crippen molar-refractivity contribution in [1.29, 1.82) is 0 Å². The van der Waals surface area contributed by atoms with Crippen molar-refractivity contribution in [1.82, 2.24) is 35.4 Å². The van der Waals surface area contributed by atoms with Crippen LogP contribution in [0.25, 0.3) is 44.5 Å². The minimum atomic E-state index is -0.349. The maximum absolute atomic E-state index is 14.5. The first kappa shape index (κ1) is 23.6. The standard InChI is InChI=1S/C28H30FN7O/c1-36(2)9-10-37-20-12-18(11-19(29)13-20)22-15-31-16-26-21(22)14-25(32-26)28-27-24(34-35-28)4-3-23(33-27)17-5-7-30-8-6-17/h3-4,11-17,30,32H,5-10H2,1-2H3,(H,34,35). The van der Waals surface area contributed by atoms with Gasteiger partial charge in [-0.1, -0.05) is 0 Å². The Morgan fingerprint density at radius 2 is 1.92 bits per heavy atom. The van der Waals surface area contributed by atoms with Crippen LogP contribution in [0.2, 0.25) is 0 Å². The second-order valence-electron chi connectivity index (χ2n) is 9.89. The average Bonchev–Trinajstić information content (AvgIpc) is 3.52. The number of rotatable bonds is 7. The van der Waals surface area contributed by atoms with Gasteiger partial charge in [0.25, 0.3) is 0 Å². The molecule has 0 atom stereocenters. The number of benzene rings is 1. The van der Waals surface area contributed by atoms with Gasteiger partial charge < -0.3 is 19.9 Å². The fourth-order valence-corrected chi connectivity index (χ4v) is 5.00. The molecule has 0 saturated carbocycles. The molecule has 0 amide bonds. The summed E-state index contributed by atoms with van der Waals surface area (Å²) in [6, 6.07) is 11.0. The molecule has 1 saturated heterocycles. The molecule has 0 unspecified atom stereocenters. The number of hydrogen-bond donors (Lipinski definition) is 3. The average molecular weight is 500 g/mol. The van der Waals surface area contributed by atoms with Gasteiger partial charge >= 0.3 is 0 Å². The van der Waals surface area contributed by atoms with Gasteiger partial charge in [-0.25, -0.2) is 9.37 Å². The number of aromatic nitrogens is 5. The normalized spacial score (nSPS) is 14.7. The predicted octanol–water partition coefficient (Wildman–Crippen LogP) is 4.71. The van der Waals surface area contributed by atoms with Gasteiger partial charge in [0.05, 0.1) is 22.9 Å². The zero-order valence-electron chi connectivity index (χ0n) is 21.0. The van der Waals surface area contributed by atoms with Crippen LogP contribution in [0.1, 0.15) is 24.5 Å². The van der Waals surface area contributed by atoms with E-state index in [0.29, 0.717) is 23.8 Å². The van der Waals surface area contributed by atoms with E-state index in [4.69, 9.17) is 9.72 Å². The Hall–Kier alpha value is -3.82. The summed E-state index contributed by atoms with van der Waals surface area (Å²) in [5.41, 5.74) is 6.83. The van der Waals surface area contributed by atoms with Crippen LogP contribution in [0.3, 0.4) is 0 Å². The van der Waals surface area contributed by atoms with Crippen LogP contribution in [0, 0.1) is 5.82 Å². The highest BCUT2D eigenvalue weighted by Crippen LogP contribution is 2.35. The van der Waals surface area contributed by atoms with Crippen LogP contribution in [0.5, 0.6) is 5.75 Å². The second kappa shape index (κ2) is 9.91. The third-order valence-corrected chi connectivity index (χ3v) is 6.98. The monoisotopic (exact) mass is 499 g/mol. The lowest BCUT2D eigenvalue weighted by Crippen LogP contribution is -2.27. The van der Waals surface area contributed by atoms with E-state index in [0.717, 1.165) is 77.1 Å². The lowest BCUT2D eigenvalue weighted by Gasteiger charge is -2.22. The molecule has 4 aromatic heterocycles. The topological polar surface area (TPSA) is 94.8 Å². The molecule has 0 aliphatic carbocycles. The van der Waals surface area contributed by atoms with E-state index in [9.17, 15) is 4.39 Å². The van der Waals surface area contributed by atoms with Crippen LogP contribution in [0.4, 0.5) is 4.39 Å². The first-order chi connectivity index (χ1) is 18.0. The molecule has 9 heteroatoms. The number of nitrogens with one attached hydrogen (secondary N) is 3. The van der Waals surface area contributed by atoms with E-state index >= 15 is 0 Å². The molecule has 5 aromatic rings. The number of aromatic amines is 2. The molecule has 1 aliphatic heterocycles. The van der Waals surface area contributed by atoms with Gasteiger partial charge in [0, 0.05) is 41.4 Å². The van der Waals surface area contributed by atoms with Gasteiger partial charge in [-0.3, -0.25) is 10.1 Å². The quantitative estimate of drug-likeness (QED) is 0.300. The van der Waals surface area contributed by atoms with Gasteiger partial charge in [0.2, 0.25) is 0 Å². The summed E-state index contributed by atoms with van der Waals surface area (Å²) in [5, 5.41) is 12.1. The zero-order chi connectivity index (χ0) is 25.4. The molecule has 5 heterocycles. The Labute approximate surface area is 214 Å². The summed E-state index contributed by atoms with van der Waals surface area (Å²) in [7, 11) is 3.95. The number of piperidine rings is 1. The van der Waals surface area contributed by atoms with E-state index in [1.807, 2.05) is 31.1 Å². The summed E-state index contributed by atoms with van der Waals surface area (Å²) in [6.07, 6.45) is 5.70.